The number of hydrogen-bond acceptors (Lipinski definition) is 7. The summed E-state index contributed by atoms with van der Waals surface area (Å²) < 4.78 is 16.8. The van der Waals surface area contributed by atoms with E-state index in [1.54, 1.807) is 13.0 Å². The Hall–Kier alpha value is -3.13. The molecule has 0 spiro atoms. The Morgan fingerprint density at radius 2 is 2.04 bits per heavy atom. The first kappa shape index (κ1) is 18.2. The summed E-state index contributed by atoms with van der Waals surface area (Å²) in [4.78, 5) is 23.9. The van der Waals surface area contributed by atoms with Gasteiger partial charge in [-0.2, -0.15) is 0 Å². The minimum Gasteiger partial charge on any atom is -0.492 e. The standard InChI is InChI=1S/C20H22N4O4/c1-3-27-15-7-5-4-6-14(15)23-19(25)16-13(2)28-20-17(16)18(21-12-22-20)24-8-10-26-11-9-24/h4-7,12H,3,8-11H2,1-2H3,(H,23,25). The van der Waals surface area contributed by atoms with E-state index in [-0.39, 0.29) is 5.91 Å². The number of rotatable bonds is 5. The fraction of sp³-hybridized carbons (Fsp3) is 0.350. The number of furan rings is 1. The van der Waals surface area contributed by atoms with E-state index in [2.05, 4.69) is 20.2 Å². The van der Waals surface area contributed by atoms with Crippen LogP contribution in [-0.2, 0) is 4.74 Å². The van der Waals surface area contributed by atoms with Gasteiger partial charge in [0.25, 0.3) is 5.91 Å². The minimum absolute atomic E-state index is 0.285. The average molecular weight is 382 g/mol. The molecule has 1 N–H and O–H groups in total. The van der Waals surface area contributed by atoms with Gasteiger partial charge in [0.2, 0.25) is 5.71 Å². The zero-order valence-electron chi connectivity index (χ0n) is 15.9. The number of anilines is 2. The number of nitrogens with one attached hydrogen (secondary N) is 1. The number of carbonyl (C=O) groups is 1. The molecule has 0 bridgehead atoms. The van der Waals surface area contributed by atoms with E-state index in [0.29, 0.717) is 72.6 Å². The lowest BCUT2D eigenvalue weighted by molar-refractivity contribution is 0.102. The lowest BCUT2D eigenvalue weighted by Crippen LogP contribution is -2.37. The van der Waals surface area contributed by atoms with E-state index in [1.807, 2.05) is 25.1 Å². The zero-order valence-corrected chi connectivity index (χ0v) is 15.9. The molecule has 0 atom stereocenters. The largest absolute Gasteiger partial charge is 0.492 e. The predicted molar refractivity (Wildman–Crippen MR) is 105 cm³/mol. The number of benzene rings is 1. The third kappa shape index (κ3) is 3.38. The summed E-state index contributed by atoms with van der Waals surface area (Å²) >= 11 is 0. The summed E-state index contributed by atoms with van der Waals surface area (Å²) in [5, 5.41) is 3.56. The summed E-state index contributed by atoms with van der Waals surface area (Å²) in [6.45, 7) is 6.80. The number of morpholine rings is 1. The molecule has 0 saturated carbocycles. The molecule has 1 aromatic carbocycles. The van der Waals surface area contributed by atoms with Crippen molar-refractivity contribution < 1.29 is 18.7 Å². The molecule has 0 aliphatic carbocycles. The molecule has 0 unspecified atom stereocenters. The number of para-hydroxylation sites is 2. The van der Waals surface area contributed by atoms with Crippen molar-refractivity contribution in [2.24, 2.45) is 0 Å². The SMILES string of the molecule is CCOc1ccccc1NC(=O)c1c(C)oc2ncnc(N3CCOCC3)c12. The Morgan fingerprint density at radius 1 is 1.25 bits per heavy atom. The van der Waals surface area contributed by atoms with Crippen molar-refractivity contribution in [1.82, 2.24) is 9.97 Å². The Balaban J connectivity index is 1.74. The Labute approximate surface area is 162 Å². The highest BCUT2D eigenvalue weighted by molar-refractivity contribution is 6.15. The first-order chi connectivity index (χ1) is 13.7. The van der Waals surface area contributed by atoms with Crippen molar-refractivity contribution >= 4 is 28.5 Å². The second-order valence-corrected chi connectivity index (χ2v) is 6.39. The third-order valence-corrected chi connectivity index (χ3v) is 4.62. The van der Waals surface area contributed by atoms with Gasteiger partial charge < -0.3 is 24.1 Å². The molecule has 4 rings (SSSR count). The van der Waals surface area contributed by atoms with Gasteiger partial charge in [-0.3, -0.25) is 4.79 Å². The molecule has 8 heteroatoms. The van der Waals surface area contributed by atoms with Crippen LogP contribution in [0.4, 0.5) is 11.5 Å². The van der Waals surface area contributed by atoms with E-state index >= 15 is 0 Å². The summed E-state index contributed by atoms with van der Waals surface area (Å²) in [6, 6.07) is 7.34. The normalized spacial score (nSPS) is 14.3. The van der Waals surface area contributed by atoms with Gasteiger partial charge in [0.15, 0.2) is 0 Å². The van der Waals surface area contributed by atoms with Crippen LogP contribution in [0.15, 0.2) is 35.0 Å². The van der Waals surface area contributed by atoms with Crippen molar-refractivity contribution in [3.05, 3.63) is 41.9 Å². The molecule has 28 heavy (non-hydrogen) atoms. The van der Waals surface area contributed by atoms with E-state index in [4.69, 9.17) is 13.9 Å². The number of nitrogens with zero attached hydrogens (tertiary/aromatic N) is 3. The monoisotopic (exact) mass is 382 g/mol. The summed E-state index contributed by atoms with van der Waals surface area (Å²) in [5.74, 6) is 1.52. The van der Waals surface area contributed by atoms with Gasteiger partial charge >= 0.3 is 0 Å². The van der Waals surface area contributed by atoms with Crippen molar-refractivity contribution in [2.75, 3.05) is 43.1 Å². The van der Waals surface area contributed by atoms with Gasteiger partial charge in [-0.15, -0.1) is 0 Å². The number of carbonyl (C=O) groups excluding carboxylic acids is 1. The van der Waals surface area contributed by atoms with E-state index in [1.165, 1.54) is 6.33 Å². The molecule has 3 heterocycles. The van der Waals surface area contributed by atoms with E-state index in [0.717, 1.165) is 0 Å². The molecular formula is C20H22N4O4. The summed E-state index contributed by atoms with van der Waals surface area (Å²) in [5.41, 5.74) is 1.44. The molecule has 1 aliphatic rings. The lowest BCUT2D eigenvalue weighted by atomic mass is 10.1. The first-order valence-corrected chi connectivity index (χ1v) is 9.29. The topological polar surface area (TPSA) is 89.7 Å². The molecule has 1 aliphatic heterocycles. The number of ether oxygens (including phenoxy) is 2. The van der Waals surface area contributed by atoms with Gasteiger partial charge in [-0.25, -0.2) is 9.97 Å². The maximum atomic E-state index is 13.2. The molecule has 1 amide bonds. The summed E-state index contributed by atoms with van der Waals surface area (Å²) in [7, 11) is 0. The van der Waals surface area contributed by atoms with Crippen LogP contribution in [0.5, 0.6) is 5.75 Å². The molecule has 2 aromatic heterocycles. The van der Waals surface area contributed by atoms with E-state index in [9.17, 15) is 4.79 Å². The van der Waals surface area contributed by atoms with Crippen LogP contribution in [0.2, 0.25) is 0 Å². The van der Waals surface area contributed by atoms with E-state index < -0.39 is 0 Å². The molecule has 1 fully saturated rings. The van der Waals surface area contributed by atoms with Crippen LogP contribution in [-0.4, -0.2) is 48.8 Å². The fourth-order valence-corrected chi connectivity index (χ4v) is 3.35. The highest BCUT2D eigenvalue weighted by atomic mass is 16.5. The zero-order chi connectivity index (χ0) is 19.5. The number of aromatic nitrogens is 2. The molecule has 146 valence electrons. The van der Waals surface area contributed by atoms with Gasteiger partial charge in [0.05, 0.1) is 36.5 Å². The Bertz CT molecular complexity index is 995. The number of aryl methyl sites for hydroxylation is 1. The van der Waals surface area contributed by atoms with Crippen LogP contribution in [0.1, 0.15) is 23.0 Å². The molecule has 1 saturated heterocycles. The predicted octanol–water partition coefficient (Wildman–Crippen LogP) is 3.02. The summed E-state index contributed by atoms with van der Waals surface area (Å²) in [6.07, 6.45) is 1.46. The lowest BCUT2D eigenvalue weighted by Gasteiger charge is -2.28. The van der Waals surface area contributed by atoms with Gasteiger partial charge in [0, 0.05) is 13.1 Å². The average Bonchev–Trinajstić information content (AvgIpc) is 3.06. The minimum atomic E-state index is -0.285. The van der Waals surface area contributed by atoms with Crippen LogP contribution in [0.25, 0.3) is 11.1 Å². The number of amides is 1. The van der Waals surface area contributed by atoms with Crippen molar-refractivity contribution in [3.8, 4) is 5.75 Å². The Kier molecular flexibility index (Phi) is 5.12. The second-order valence-electron chi connectivity index (χ2n) is 6.39. The van der Waals surface area contributed by atoms with Gasteiger partial charge in [-0.1, -0.05) is 12.1 Å². The van der Waals surface area contributed by atoms with Crippen LogP contribution in [0.3, 0.4) is 0 Å². The molecule has 0 radical (unpaired) electrons. The third-order valence-electron chi connectivity index (χ3n) is 4.62. The van der Waals surface area contributed by atoms with Crippen molar-refractivity contribution in [1.29, 1.82) is 0 Å². The second kappa shape index (κ2) is 7.85. The number of fused-ring (bicyclic) bond motifs is 1. The maximum Gasteiger partial charge on any atom is 0.260 e. The molecule has 8 nitrogen and oxygen atoms in total. The fourth-order valence-electron chi connectivity index (χ4n) is 3.35. The highest BCUT2D eigenvalue weighted by Gasteiger charge is 2.26. The quantitative estimate of drug-likeness (QED) is 0.725. The molecule has 3 aromatic rings. The van der Waals surface area contributed by atoms with Crippen LogP contribution < -0.4 is 15.0 Å². The van der Waals surface area contributed by atoms with Crippen LogP contribution in [0, 0.1) is 6.92 Å². The van der Waals surface area contributed by atoms with Gasteiger partial charge in [-0.05, 0) is 26.0 Å². The highest BCUT2D eigenvalue weighted by Crippen LogP contribution is 2.33. The Morgan fingerprint density at radius 3 is 2.82 bits per heavy atom. The smallest absolute Gasteiger partial charge is 0.260 e. The maximum absolute atomic E-state index is 13.2. The van der Waals surface area contributed by atoms with Crippen molar-refractivity contribution in [3.63, 3.8) is 0 Å². The van der Waals surface area contributed by atoms with Gasteiger partial charge in [0.1, 0.15) is 23.7 Å². The van der Waals surface area contributed by atoms with Crippen molar-refractivity contribution in [2.45, 2.75) is 13.8 Å². The number of hydrogen-bond donors (Lipinski definition) is 1. The van der Waals surface area contributed by atoms with Crippen LogP contribution >= 0.6 is 0 Å². The molecular weight excluding hydrogens is 360 g/mol. The first-order valence-electron chi connectivity index (χ1n) is 9.29.